The molecule has 0 unspecified atom stereocenters. The summed E-state index contributed by atoms with van der Waals surface area (Å²) in [6.07, 6.45) is 0. The Morgan fingerprint density at radius 1 is 1.15 bits per heavy atom. The van der Waals surface area contributed by atoms with Crippen LogP contribution in [0.1, 0.15) is 18.5 Å². The molecule has 0 fully saturated rings. The summed E-state index contributed by atoms with van der Waals surface area (Å²) >= 11 is 0. The smallest absolute Gasteiger partial charge is 0.262 e. The number of nitrogens with two attached hydrogens (primary N) is 1. The summed E-state index contributed by atoms with van der Waals surface area (Å²) in [6.45, 7) is 1.84. The van der Waals surface area contributed by atoms with Gasteiger partial charge < -0.3 is 15.8 Å². The van der Waals surface area contributed by atoms with Crippen LogP contribution in [0.25, 0.3) is 0 Å². The van der Waals surface area contributed by atoms with Crippen LogP contribution in [-0.2, 0) is 4.79 Å². The summed E-state index contributed by atoms with van der Waals surface area (Å²) < 4.78 is 5.54. The zero-order valence-electron chi connectivity index (χ0n) is 11.4. The van der Waals surface area contributed by atoms with Crippen LogP contribution in [0.4, 0.5) is 5.69 Å². The standard InChI is InChI=1S/C16H18N2O2/c1-12(17)14-9-5-6-10-15(14)20-11-16(19)18-13-7-3-2-4-8-13/h2-10,12H,11,17H2,1H3,(H,18,19)/t12-/m1/s1. The van der Waals surface area contributed by atoms with Crippen LogP contribution in [0.15, 0.2) is 54.6 Å². The van der Waals surface area contributed by atoms with Gasteiger partial charge in [-0.15, -0.1) is 0 Å². The highest BCUT2D eigenvalue weighted by molar-refractivity contribution is 5.91. The SMILES string of the molecule is C[C@@H](N)c1ccccc1OCC(=O)Nc1ccccc1. The number of carbonyl (C=O) groups is 1. The van der Waals surface area contributed by atoms with Crippen LogP contribution in [0.5, 0.6) is 5.75 Å². The number of benzene rings is 2. The molecule has 0 spiro atoms. The third-order valence-electron chi connectivity index (χ3n) is 2.83. The van der Waals surface area contributed by atoms with E-state index in [4.69, 9.17) is 10.5 Å². The Bertz CT molecular complexity index is 568. The van der Waals surface area contributed by atoms with E-state index < -0.39 is 0 Å². The summed E-state index contributed by atoms with van der Waals surface area (Å²) in [7, 11) is 0. The van der Waals surface area contributed by atoms with Crippen molar-refractivity contribution in [3.05, 3.63) is 60.2 Å². The lowest BCUT2D eigenvalue weighted by atomic mass is 10.1. The Morgan fingerprint density at radius 2 is 1.80 bits per heavy atom. The molecular weight excluding hydrogens is 252 g/mol. The maximum Gasteiger partial charge on any atom is 0.262 e. The van der Waals surface area contributed by atoms with Crippen molar-refractivity contribution in [3.63, 3.8) is 0 Å². The zero-order valence-corrected chi connectivity index (χ0v) is 11.4. The van der Waals surface area contributed by atoms with Crippen molar-refractivity contribution in [3.8, 4) is 5.75 Å². The summed E-state index contributed by atoms with van der Waals surface area (Å²) in [4.78, 5) is 11.8. The molecule has 0 radical (unpaired) electrons. The largest absolute Gasteiger partial charge is 0.483 e. The van der Waals surface area contributed by atoms with Crippen molar-refractivity contribution in [2.75, 3.05) is 11.9 Å². The zero-order chi connectivity index (χ0) is 14.4. The average molecular weight is 270 g/mol. The number of anilines is 1. The highest BCUT2D eigenvalue weighted by atomic mass is 16.5. The van der Waals surface area contributed by atoms with Crippen molar-refractivity contribution < 1.29 is 9.53 Å². The molecule has 0 aliphatic carbocycles. The van der Waals surface area contributed by atoms with Gasteiger partial charge in [-0.25, -0.2) is 0 Å². The van der Waals surface area contributed by atoms with Gasteiger partial charge in [0.05, 0.1) is 0 Å². The number of amides is 1. The van der Waals surface area contributed by atoms with Gasteiger partial charge >= 0.3 is 0 Å². The van der Waals surface area contributed by atoms with Gasteiger partial charge in [0.1, 0.15) is 5.75 Å². The lowest BCUT2D eigenvalue weighted by Gasteiger charge is -2.13. The third-order valence-corrected chi connectivity index (χ3v) is 2.83. The number of hydrogen-bond acceptors (Lipinski definition) is 3. The van der Waals surface area contributed by atoms with E-state index in [1.807, 2.05) is 61.5 Å². The number of rotatable bonds is 5. The van der Waals surface area contributed by atoms with Gasteiger partial charge in [-0.05, 0) is 25.1 Å². The predicted molar refractivity (Wildman–Crippen MR) is 79.6 cm³/mol. The van der Waals surface area contributed by atoms with Crippen LogP contribution in [-0.4, -0.2) is 12.5 Å². The van der Waals surface area contributed by atoms with Crippen molar-refractivity contribution in [2.45, 2.75) is 13.0 Å². The molecule has 4 heteroatoms. The molecule has 4 nitrogen and oxygen atoms in total. The number of para-hydroxylation sites is 2. The van der Waals surface area contributed by atoms with Crippen molar-refractivity contribution in [1.82, 2.24) is 0 Å². The quantitative estimate of drug-likeness (QED) is 0.878. The van der Waals surface area contributed by atoms with Crippen LogP contribution in [0, 0.1) is 0 Å². The first-order valence-corrected chi connectivity index (χ1v) is 6.49. The number of carbonyl (C=O) groups excluding carboxylic acids is 1. The second-order valence-electron chi connectivity index (χ2n) is 4.53. The van der Waals surface area contributed by atoms with Gasteiger partial charge in [0.2, 0.25) is 0 Å². The molecule has 0 heterocycles. The van der Waals surface area contributed by atoms with Gasteiger partial charge in [0.25, 0.3) is 5.91 Å². The Labute approximate surface area is 118 Å². The van der Waals surface area contributed by atoms with Crippen molar-refractivity contribution >= 4 is 11.6 Å². The number of hydrogen-bond donors (Lipinski definition) is 2. The van der Waals surface area contributed by atoms with Crippen LogP contribution >= 0.6 is 0 Å². The number of ether oxygens (including phenoxy) is 1. The topological polar surface area (TPSA) is 64.3 Å². The van der Waals surface area contributed by atoms with Crippen molar-refractivity contribution in [2.24, 2.45) is 5.73 Å². The lowest BCUT2D eigenvalue weighted by molar-refractivity contribution is -0.118. The molecule has 0 aliphatic heterocycles. The molecule has 3 N–H and O–H groups in total. The van der Waals surface area contributed by atoms with E-state index in [-0.39, 0.29) is 18.6 Å². The normalized spacial score (nSPS) is 11.7. The highest BCUT2D eigenvalue weighted by Crippen LogP contribution is 2.23. The summed E-state index contributed by atoms with van der Waals surface area (Å²) in [6, 6.07) is 16.6. The molecule has 0 aliphatic rings. The minimum absolute atomic E-state index is 0.0430. The summed E-state index contributed by atoms with van der Waals surface area (Å²) in [5.41, 5.74) is 7.50. The minimum Gasteiger partial charge on any atom is -0.483 e. The molecular formula is C16H18N2O2. The summed E-state index contributed by atoms with van der Waals surface area (Å²) in [5.74, 6) is 0.446. The van der Waals surface area contributed by atoms with Crippen molar-refractivity contribution in [1.29, 1.82) is 0 Å². The van der Waals surface area contributed by atoms with Gasteiger partial charge in [0.15, 0.2) is 6.61 Å². The van der Waals surface area contributed by atoms with Crippen LogP contribution in [0.3, 0.4) is 0 Å². The molecule has 0 saturated heterocycles. The Kier molecular flexibility index (Phi) is 4.74. The molecule has 104 valence electrons. The fraction of sp³-hybridized carbons (Fsp3) is 0.188. The van der Waals surface area contributed by atoms with E-state index in [1.54, 1.807) is 0 Å². The molecule has 0 bridgehead atoms. The van der Waals surface area contributed by atoms with Crippen LogP contribution in [0.2, 0.25) is 0 Å². The van der Waals surface area contributed by atoms with E-state index >= 15 is 0 Å². The number of nitrogens with one attached hydrogen (secondary N) is 1. The highest BCUT2D eigenvalue weighted by Gasteiger charge is 2.09. The Balaban J connectivity index is 1.94. The Morgan fingerprint density at radius 3 is 2.50 bits per heavy atom. The second-order valence-corrected chi connectivity index (χ2v) is 4.53. The van der Waals surface area contributed by atoms with Gasteiger partial charge in [-0.1, -0.05) is 36.4 Å². The van der Waals surface area contributed by atoms with E-state index in [2.05, 4.69) is 5.32 Å². The molecule has 1 amide bonds. The third kappa shape index (κ3) is 3.83. The second kappa shape index (κ2) is 6.73. The first-order valence-electron chi connectivity index (χ1n) is 6.49. The van der Waals surface area contributed by atoms with Gasteiger partial charge in [-0.2, -0.15) is 0 Å². The van der Waals surface area contributed by atoms with Gasteiger partial charge in [0, 0.05) is 17.3 Å². The maximum absolute atomic E-state index is 11.8. The van der Waals surface area contributed by atoms with E-state index in [0.29, 0.717) is 5.75 Å². The first-order chi connectivity index (χ1) is 9.66. The molecule has 2 rings (SSSR count). The summed E-state index contributed by atoms with van der Waals surface area (Å²) in [5, 5.41) is 2.77. The van der Waals surface area contributed by atoms with Gasteiger partial charge in [-0.3, -0.25) is 4.79 Å². The van der Waals surface area contributed by atoms with E-state index in [9.17, 15) is 4.79 Å². The first kappa shape index (κ1) is 14.1. The lowest BCUT2D eigenvalue weighted by Crippen LogP contribution is -2.21. The minimum atomic E-state index is -0.198. The van der Waals surface area contributed by atoms with E-state index in [0.717, 1.165) is 11.3 Å². The molecule has 0 saturated carbocycles. The fourth-order valence-corrected chi connectivity index (χ4v) is 1.85. The fourth-order valence-electron chi connectivity index (χ4n) is 1.85. The molecule has 20 heavy (non-hydrogen) atoms. The van der Waals surface area contributed by atoms with Crippen LogP contribution < -0.4 is 15.8 Å². The average Bonchev–Trinajstić information content (AvgIpc) is 2.46. The Hall–Kier alpha value is -2.33. The molecule has 0 aromatic heterocycles. The monoisotopic (exact) mass is 270 g/mol. The predicted octanol–water partition coefficient (Wildman–Crippen LogP) is 2.72. The molecule has 1 atom stereocenters. The molecule has 2 aromatic carbocycles. The molecule has 2 aromatic rings. The van der Waals surface area contributed by atoms with E-state index in [1.165, 1.54) is 0 Å². The maximum atomic E-state index is 11.8.